The molecule has 0 bridgehead atoms. The normalized spacial score (nSPS) is 10.3. The Morgan fingerprint density at radius 1 is 1.30 bits per heavy atom. The first-order valence-electron chi connectivity index (χ1n) is 5.86. The molecule has 1 N–H and O–H groups in total. The summed E-state index contributed by atoms with van der Waals surface area (Å²) in [6.07, 6.45) is 0.0634. The Morgan fingerprint density at radius 3 is 2.55 bits per heavy atom. The summed E-state index contributed by atoms with van der Waals surface area (Å²) in [6.45, 7) is 0.146. The van der Waals surface area contributed by atoms with E-state index < -0.39 is 5.97 Å². The molecule has 0 radical (unpaired) electrons. The molecule has 0 aliphatic rings. The quantitative estimate of drug-likeness (QED) is 0.835. The highest BCUT2D eigenvalue weighted by atomic mass is 35.5. The third-order valence-electron chi connectivity index (χ3n) is 2.58. The third-order valence-corrected chi connectivity index (χ3v) is 3.32. The Hall–Kier alpha value is -1.30. The molecule has 0 spiro atoms. The Bertz CT molecular complexity index is 493. The van der Waals surface area contributed by atoms with Gasteiger partial charge < -0.3 is 14.7 Å². The highest BCUT2D eigenvalue weighted by Gasteiger charge is 2.17. The summed E-state index contributed by atoms with van der Waals surface area (Å²) < 4.78 is 4.86. The molecule has 0 aromatic heterocycles. The van der Waals surface area contributed by atoms with Crippen LogP contribution in [0.2, 0.25) is 10.0 Å². The highest BCUT2D eigenvalue weighted by Crippen LogP contribution is 2.23. The summed E-state index contributed by atoms with van der Waals surface area (Å²) in [5.74, 6) is -1.37. The second-order valence-electron chi connectivity index (χ2n) is 4.13. The number of aliphatic carboxylic acids is 1. The lowest BCUT2D eigenvalue weighted by atomic mass is 10.1. The number of hydrogen-bond acceptors (Lipinski definition) is 3. The van der Waals surface area contributed by atoms with Crippen molar-refractivity contribution in [1.29, 1.82) is 0 Å². The zero-order valence-electron chi connectivity index (χ0n) is 10.9. The van der Waals surface area contributed by atoms with Crippen LogP contribution in [0.5, 0.6) is 0 Å². The van der Waals surface area contributed by atoms with Gasteiger partial charge in [0.15, 0.2) is 0 Å². The number of carboxylic acid groups (broad SMARTS) is 1. The molecule has 0 unspecified atom stereocenters. The fourth-order valence-corrected chi connectivity index (χ4v) is 1.91. The van der Waals surface area contributed by atoms with E-state index in [4.69, 9.17) is 33.0 Å². The van der Waals surface area contributed by atoms with E-state index in [9.17, 15) is 9.59 Å². The molecule has 7 heteroatoms. The van der Waals surface area contributed by atoms with Gasteiger partial charge in [0.2, 0.25) is 5.91 Å². The Morgan fingerprint density at radius 2 is 2.00 bits per heavy atom. The SMILES string of the molecule is COCCN(CC(=O)O)C(=O)Cc1ccc(Cl)c(Cl)c1. The van der Waals surface area contributed by atoms with E-state index in [2.05, 4.69) is 0 Å². The predicted octanol–water partition coefficient (Wildman–Crippen LogP) is 2.10. The average molecular weight is 320 g/mol. The molecule has 0 aliphatic carbocycles. The maximum Gasteiger partial charge on any atom is 0.323 e. The number of rotatable bonds is 7. The van der Waals surface area contributed by atoms with Crippen molar-refractivity contribution >= 4 is 35.1 Å². The van der Waals surface area contributed by atoms with E-state index in [1.807, 2.05) is 0 Å². The zero-order valence-corrected chi connectivity index (χ0v) is 12.4. The average Bonchev–Trinajstić information content (AvgIpc) is 2.38. The number of amides is 1. The largest absolute Gasteiger partial charge is 0.480 e. The summed E-state index contributed by atoms with van der Waals surface area (Å²) in [5, 5.41) is 9.57. The van der Waals surface area contributed by atoms with Crippen LogP contribution in [0.1, 0.15) is 5.56 Å². The van der Waals surface area contributed by atoms with Gasteiger partial charge >= 0.3 is 5.97 Å². The van der Waals surface area contributed by atoms with Crippen LogP contribution in [-0.4, -0.2) is 48.7 Å². The molecule has 0 saturated carbocycles. The minimum atomic E-state index is -1.07. The Balaban J connectivity index is 2.73. The van der Waals surface area contributed by atoms with Crippen molar-refractivity contribution in [2.45, 2.75) is 6.42 Å². The maximum absolute atomic E-state index is 12.1. The van der Waals surface area contributed by atoms with Gasteiger partial charge in [-0.25, -0.2) is 0 Å². The first-order chi connectivity index (χ1) is 9.43. The number of methoxy groups -OCH3 is 1. The molecule has 0 atom stereocenters. The molecular formula is C13H15Cl2NO4. The predicted molar refractivity (Wildman–Crippen MR) is 76.3 cm³/mol. The summed E-state index contributed by atoms with van der Waals surface area (Å²) >= 11 is 11.7. The number of hydrogen-bond donors (Lipinski definition) is 1. The molecule has 0 saturated heterocycles. The lowest BCUT2D eigenvalue weighted by Crippen LogP contribution is -2.38. The molecule has 0 aliphatic heterocycles. The first kappa shape index (κ1) is 16.8. The van der Waals surface area contributed by atoms with E-state index in [1.165, 1.54) is 12.0 Å². The Labute approximate surface area is 127 Å². The second kappa shape index (κ2) is 8.09. The monoisotopic (exact) mass is 319 g/mol. The van der Waals surface area contributed by atoms with Crippen molar-refractivity contribution in [3.8, 4) is 0 Å². The van der Waals surface area contributed by atoms with Gasteiger partial charge in [-0.1, -0.05) is 29.3 Å². The molecule has 5 nitrogen and oxygen atoms in total. The van der Waals surface area contributed by atoms with Crippen molar-refractivity contribution in [3.05, 3.63) is 33.8 Å². The minimum absolute atomic E-state index is 0.0634. The zero-order chi connectivity index (χ0) is 15.1. The number of carbonyl (C=O) groups is 2. The summed E-state index contributed by atoms with van der Waals surface area (Å²) in [4.78, 5) is 24.1. The molecule has 1 aromatic carbocycles. The number of benzene rings is 1. The van der Waals surface area contributed by atoms with Gasteiger partial charge in [-0.05, 0) is 17.7 Å². The third kappa shape index (κ3) is 5.36. The molecule has 0 fully saturated rings. The number of halogens is 2. The maximum atomic E-state index is 12.1. The Kier molecular flexibility index (Phi) is 6.78. The van der Waals surface area contributed by atoms with E-state index in [-0.39, 0.29) is 32.0 Å². The summed E-state index contributed by atoms with van der Waals surface area (Å²) in [7, 11) is 1.49. The number of carboxylic acids is 1. The van der Waals surface area contributed by atoms with Crippen molar-refractivity contribution in [2.24, 2.45) is 0 Å². The molecule has 20 heavy (non-hydrogen) atoms. The number of nitrogens with zero attached hydrogens (tertiary/aromatic N) is 1. The van der Waals surface area contributed by atoms with Gasteiger partial charge in [-0.3, -0.25) is 9.59 Å². The molecule has 1 rings (SSSR count). The molecule has 1 aromatic rings. The fourth-order valence-electron chi connectivity index (χ4n) is 1.59. The van der Waals surface area contributed by atoms with E-state index in [0.29, 0.717) is 15.6 Å². The van der Waals surface area contributed by atoms with Crippen LogP contribution in [0.3, 0.4) is 0 Å². The topological polar surface area (TPSA) is 66.8 Å². The van der Waals surface area contributed by atoms with Gasteiger partial charge in [0.25, 0.3) is 0 Å². The number of carbonyl (C=O) groups excluding carboxylic acids is 1. The van der Waals surface area contributed by atoms with Crippen LogP contribution in [0.15, 0.2) is 18.2 Å². The van der Waals surface area contributed by atoms with Gasteiger partial charge in [-0.2, -0.15) is 0 Å². The smallest absolute Gasteiger partial charge is 0.323 e. The summed E-state index contributed by atoms with van der Waals surface area (Å²) in [6, 6.07) is 4.88. The van der Waals surface area contributed by atoms with Crippen LogP contribution in [0.4, 0.5) is 0 Å². The van der Waals surface area contributed by atoms with Crippen molar-refractivity contribution < 1.29 is 19.4 Å². The number of ether oxygens (including phenoxy) is 1. The van der Waals surface area contributed by atoms with Crippen LogP contribution in [0, 0.1) is 0 Å². The second-order valence-corrected chi connectivity index (χ2v) is 4.94. The molecule has 0 heterocycles. The van der Waals surface area contributed by atoms with Crippen LogP contribution >= 0.6 is 23.2 Å². The van der Waals surface area contributed by atoms with Crippen molar-refractivity contribution in [2.75, 3.05) is 26.8 Å². The van der Waals surface area contributed by atoms with Crippen LogP contribution in [0.25, 0.3) is 0 Å². The van der Waals surface area contributed by atoms with E-state index in [0.717, 1.165) is 0 Å². The fraction of sp³-hybridized carbons (Fsp3) is 0.385. The van der Waals surface area contributed by atoms with Crippen LogP contribution in [-0.2, 0) is 20.7 Å². The first-order valence-corrected chi connectivity index (χ1v) is 6.62. The molecule has 1 amide bonds. The lowest BCUT2D eigenvalue weighted by Gasteiger charge is -2.20. The minimum Gasteiger partial charge on any atom is -0.480 e. The van der Waals surface area contributed by atoms with E-state index in [1.54, 1.807) is 18.2 Å². The molecule has 110 valence electrons. The lowest BCUT2D eigenvalue weighted by molar-refractivity contribution is -0.144. The molecular weight excluding hydrogens is 305 g/mol. The van der Waals surface area contributed by atoms with Gasteiger partial charge in [-0.15, -0.1) is 0 Å². The van der Waals surface area contributed by atoms with Crippen molar-refractivity contribution in [3.63, 3.8) is 0 Å². The highest BCUT2D eigenvalue weighted by molar-refractivity contribution is 6.42. The van der Waals surface area contributed by atoms with Gasteiger partial charge in [0, 0.05) is 13.7 Å². The van der Waals surface area contributed by atoms with E-state index >= 15 is 0 Å². The standard InChI is InChI=1S/C13H15Cl2NO4/c1-20-5-4-16(8-13(18)19)12(17)7-9-2-3-10(14)11(15)6-9/h2-3,6H,4-5,7-8H2,1H3,(H,18,19). The van der Waals surface area contributed by atoms with Crippen molar-refractivity contribution in [1.82, 2.24) is 4.90 Å². The van der Waals surface area contributed by atoms with Crippen LogP contribution < -0.4 is 0 Å². The van der Waals surface area contributed by atoms with Gasteiger partial charge in [0.1, 0.15) is 6.54 Å². The van der Waals surface area contributed by atoms with Gasteiger partial charge in [0.05, 0.1) is 23.1 Å². The summed E-state index contributed by atoms with van der Waals surface area (Å²) in [5.41, 5.74) is 0.678.